The summed E-state index contributed by atoms with van der Waals surface area (Å²) in [5, 5.41) is 12.5. The van der Waals surface area contributed by atoms with Crippen LogP contribution in [0.25, 0.3) is 6.08 Å². The lowest BCUT2D eigenvalue weighted by atomic mass is 10.2. The van der Waals surface area contributed by atoms with Crippen molar-refractivity contribution in [2.24, 2.45) is 0 Å². The monoisotopic (exact) mass is 311 g/mol. The zero-order valence-corrected chi connectivity index (χ0v) is 13.1. The van der Waals surface area contributed by atoms with Crippen molar-refractivity contribution in [3.05, 3.63) is 71.8 Å². The van der Waals surface area contributed by atoms with Gasteiger partial charge in [-0.15, -0.1) is 0 Å². The molecule has 2 N–H and O–H groups in total. The first kappa shape index (κ1) is 16.8. The van der Waals surface area contributed by atoms with Crippen molar-refractivity contribution in [3.8, 4) is 5.75 Å². The van der Waals surface area contributed by atoms with Crippen LogP contribution in [0.5, 0.6) is 5.75 Å². The van der Waals surface area contributed by atoms with Crippen LogP contribution in [0.2, 0.25) is 0 Å². The molecule has 1 unspecified atom stereocenters. The predicted octanol–water partition coefficient (Wildman–Crippen LogP) is 2.56. The maximum absolute atomic E-state index is 11.7. The Kier molecular flexibility index (Phi) is 6.39. The molecule has 0 saturated heterocycles. The minimum Gasteiger partial charge on any atom is -0.491 e. The summed E-state index contributed by atoms with van der Waals surface area (Å²) in [5.41, 5.74) is 1.96. The quantitative estimate of drug-likeness (QED) is 0.773. The first-order valence-corrected chi connectivity index (χ1v) is 7.52. The maximum Gasteiger partial charge on any atom is 0.244 e. The summed E-state index contributed by atoms with van der Waals surface area (Å²) in [6.07, 6.45) is 2.42. The number of benzene rings is 2. The van der Waals surface area contributed by atoms with Crippen LogP contribution in [0.4, 0.5) is 0 Å². The molecule has 2 aromatic carbocycles. The van der Waals surface area contributed by atoms with E-state index < -0.39 is 6.10 Å². The van der Waals surface area contributed by atoms with Crippen LogP contribution in [0.3, 0.4) is 0 Å². The normalized spacial score (nSPS) is 12.1. The zero-order chi connectivity index (χ0) is 16.5. The number of para-hydroxylation sites is 1. The SMILES string of the molecule is Cc1ccccc1OCC(O)CNC(=O)/C=C/c1ccccc1. The summed E-state index contributed by atoms with van der Waals surface area (Å²) in [5.74, 6) is 0.491. The summed E-state index contributed by atoms with van der Waals surface area (Å²) >= 11 is 0. The second-order valence-electron chi connectivity index (χ2n) is 5.22. The number of carbonyl (C=O) groups excluding carboxylic acids is 1. The lowest BCUT2D eigenvalue weighted by Gasteiger charge is -2.14. The third-order valence-electron chi connectivity index (χ3n) is 3.26. The van der Waals surface area contributed by atoms with E-state index in [1.165, 1.54) is 6.08 Å². The lowest BCUT2D eigenvalue weighted by molar-refractivity contribution is -0.117. The van der Waals surface area contributed by atoms with Crippen LogP contribution >= 0.6 is 0 Å². The Balaban J connectivity index is 1.71. The lowest BCUT2D eigenvalue weighted by Crippen LogP contribution is -2.34. The second-order valence-corrected chi connectivity index (χ2v) is 5.22. The standard InChI is InChI=1S/C19H21NO3/c1-15-7-5-6-10-18(15)23-14-17(21)13-20-19(22)12-11-16-8-3-2-4-9-16/h2-12,17,21H,13-14H2,1H3,(H,20,22)/b12-11+. The van der Waals surface area contributed by atoms with Gasteiger partial charge < -0.3 is 15.2 Å². The summed E-state index contributed by atoms with van der Waals surface area (Å²) in [4.78, 5) is 11.7. The Morgan fingerprint density at radius 2 is 1.87 bits per heavy atom. The highest BCUT2D eigenvalue weighted by Crippen LogP contribution is 2.16. The highest BCUT2D eigenvalue weighted by molar-refractivity contribution is 5.91. The van der Waals surface area contributed by atoms with Gasteiger partial charge in [-0.2, -0.15) is 0 Å². The third-order valence-corrected chi connectivity index (χ3v) is 3.26. The Labute approximate surface area is 136 Å². The van der Waals surface area contributed by atoms with E-state index in [4.69, 9.17) is 4.74 Å². The number of nitrogens with one attached hydrogen (secondary N) is 1. The van der Waals surface area contributed by atoms with Gasteiger partial charge in [-0.1, -0.05) is 48.5 Å². The van der Waals surface area contributed by atoms with Crippen molar-refractivity contribution in [3.63, 3.8) is 0 Å². The van der Waals surface area contributed by atoms with E-state index in [1.54, 1.807) is 6.08 Å². The Bertz CT molecular complexity index is 653. The van der Waals surface area contributed by atoms with Crippen LogP contribution in [-0.4, -0.2) is 30.3 Å². The maximum atomic E-state index is 11.7. The number of aryl methyl sites for hydroxylation is 1. The largest absolute Gasteiger partial charge is 0.491 e. The van der Waals surface area contributed by atoms with E-state index in [-0.39, 0.29) is 19.1 Å². The van der Waals surface area contributed by atoms with Crippen molar-refractivity contribution in [2.75, 3.05) is 13.2 Å². The minimum absolute atomic E-state index is 0.132. The van der Waals surface area contributed by atoms with Crippen molar-refractivity contribution in [1.29, 1.82) is 0 Å². The fourth-order valence-corrected chi connectivity index (χ4v) is 1.98. The van der Waals surface area contributed by atoms with Crippen molar-refractivity contribution >= 4 is 12.0 Å². The molecule has 1 amide bonds. The molecule has 0 fully saturated rings. The van der Waals surface area contributed by atoms with Crippen LogP contribution in [0.1, 0.15) is 11.1 Å². The zero-order valence-electron chi connectivity index (χ0n) is 13.1. The predicted molar refractivity (Wildman–Crippen MR) is 91.2 cm³/mol. The molecule has 0 aromatic heterocycles. The minimum atomic E-state index is -0.760. The Morgan fingerprint density at radius 3 is 2.61 bits per heavy atom. The van der Waals surface area contributed by atoms with E-state index in [1.807, 2.05) is 61.5 Å². The van der Waals surface area contributed by atoms with Crippen LogP contribution in [0.15, 0.2) is 60.7 Å². The van der Waals surface area contributed by atoms with Gasteiger partial charge in [-0.25, -0.2) is 0 Å². The highest BCUT2D eigenvalue weighted by Gasteiger charge is 2.07. The number of aliphatic hydroxyl groups is 1. The third kappa shape index (κ3) is 5.96. The van der Waals surface area contributed by atoms with Gasteiger partial charge in [-0.3, -0.25) is 4.79 Å². The molecule has 0 radical (unpaired) electrons. The molecule has 1 atom stereocenters. The first-order valence-electron chi connectivity index (χ1n) is 7.52. The summed E-state index contributed by atoms with van der Waals surface area (Å²) in [6, 6.07) is 17.2. The van der Waals surface area contributed by atoms with E-state index in [0.29, 0.717) is 0 Å². The molecule has 120 valence electrons. The van der Waals surface area contributed by atoms with Crippen LogP contribution in [0, 0.1) is 6.92 Å². The summed E-state index contributed by atoms with van der Waals surface area (Å²) in [7, 11) is 0. The van der Waals surface area contributed by atoms with Gasteiger partial charge in [-0.05, 0) is 30.2 Å². The average Bonchev–Trinajstić information content (AvgIpc) is 2.58. The summed E-state index contributed by atoms with van der Waals surface area (Å²) < 4.78 is 5.54. The molecule has 0 aliphatic heterocycles. The molecule has 23 heavy (non-hydrogen) atoms. The van der Waals surface area contributed by atoms with Crippen LogP contribution in [-0.2, 0) is 4.79 Å². The van der Waals surface area contributed by atoms with Crippen LogP contribution < -0.4 is 10.1 Å². The molecular weight excluding hydrogens is 290 g/mol. The number of carbonyl (C=O) groups is 1. The molecule has 4 heteroatoms. The first-order chi connectivity index (χ1) is 11.1. The van der Waals surface area contributed by atoms with E-state index in [2.05, 4.69) is 5.32 Å². The molecule has 2 aromatic rings. The number of hydrogen-bond acceptors (Lipinski definition) is 3. The van der Waals surface area contributed by atoms with Gasteiger partial charge in [0.05, 0.1) is 0 Å². The van der Waals surface area contributed by atoms with E-state index in [0.717, 1.165) is 16.9 Å². The molecule has 0 aliphatic rings. The van der Waals surface area contributed by atoms with Gasteiger partial charge >= 0.3 is 0 Å². The van der Waals surface area contributed by atoms with Gasteiger partial charge in [0.15, 0.2) is 0 Å². The summed E-state index contributed by atoms with van der Waals surface area (Å²) in [6.45, 7) is 2.22. The molecule has 0 spiro atoms. The second kappa shape index (κ2) is 8.76. The molecule has 0 bridgehead atoms. The smallest absolute Gasteiger partial charge is 0.244 e. The average molecular weight is 311 g/mol. The fraction of sp³-hybridized carbons (Fsp3) is 0.211. The number of aliphatic hydroxyl groups excluding tert-OH is 1. The molecule has 0 saturated carbocycles. The topological polar surface area (TPSA) is 58.6 Å². The molecule has 4 nitrogen and oxygen atoms in total. The van der Waals surface area contributed by atoms with Crippen molar-refractivity contribution < 1.29 is 14.6 Å². The van der Waals surface area contributed by atoms with Gasteiger partial charge in [0.25, 0.3) is 0 Å². The molecule has 0 heterocycles. The molecule has 0 aliphatic carbocycles. The molecular formula is C19H21NO3. The van der Waals surface area contributed by atoms with Gasteiger partial charge in [0.2, 0.25) is 5.91 Å². The Hall–Kier alpha value is -2.59. The number of ether oxygens (including phenoxy) is 1. The van der Waals surface area contributed by atoms with E-state index in [9.17, 15) is 9.90 Å². The van der Waals surface area contributed by atoms with E-state index >= 15 is 0 Å². The van der Waals surface area contributed by atoms with Gasteiger partial charge in [0.1, 0.15) is 18.5 Å². The fourth-order valence-electron chi connectivity index (χ4n) is 1.98. The molecule has 2 rings (SSSR count). The Morgan fingerprint density at radius 1 is 1.17 bits per heavy atom. The number of hydrogen-bond donors (Lipinski definition) is 2. The highest BCUT2D eigenvalue weighted by atomic mass is 16.5. The number of amides is 1. The van der Waals surface area contributed by atoms with Crippen molar-refractivity contribution in [2.45, 2.75) is 13.0 Å². The van der Waals surface area contributed by atoms with Crippen molar-refractivity contribution in [1.82, 2.24) is 5.32 Å². The number of rotatable bonds is 7. The van der Waals surface area contributed by atoms with Gasteiger partial charge in [0, 0.05) is 12.6 Å².